The fourth-order valence-corrected chi connectivity index (χ4v) is 2.30. The Labute approximate surface area is 117 Å². The zero-order valence-corrected chi connectivity index (χ0v) is 11.7. The minimum Gasteiger partial charge on any atom is -0.354 e. The first-order chi connectivity index (χ1) is 7.65. The van der Waals surface area contributed by atoms with Gasteiger partial charge in [-0.15, -0.1) is 0 Å². The first kappa shape index (κ1) is 12.0. The standard InChI is InChI=1S/C11H7Cl2IN2/c12-9-5-7(14)1-2-10(9)16-8-3-4-15-11(13)6-8/h1-6H,(H,15,16). The topological polar surface area (TPSA) is 24.9 Å². The smallest absolute Gasteiger partial charge is 0.131 e. The van der Waals surface area contributed by atoms with E-state index in [1.54, 1.807) is 12.3 Å². The molecule has 1 aromatic heterocycles. The van der Waals surface area contributed by atoms with Crippen molar-refractivity contribution in [2.45, 2.75) is 0 Å². The number of anilines is 2. The minimum absolute atomic E-state index is 0.451. The van der Waals surface area contributed by atoms with Crippen molar-refractivity contribution in [3.63, 3.8) is 0 Å². The molecule has 16 heavy (non-hydrogen) atoms. The molecule has 0 atom stereocenters. The summed E-state index contributed by atoms with van der Waals surface area (Å²) in [5.41, 5.74) is 1.72. The number of aromatic nitrogens is 1. The van der Waals surface area contributed by atoms with E-state index in [9.17, 15) is 0 Å². The molecule has 5 heteroatoms. The van der Waals surface area contributed by atoms with Gasteiger partial charge in [-0.25, -0.2) is 4.98 Å². The number of nitrogens with one attached hydrogen (secondary N) is 1. The van der Waals surface area contributed by atoms with Crippen LogP contribution in [0.15, 0.2) is 36.5 Å². The molecule has 0 radical (unpaired) electrons. The number of hydrogen-bond donors (Lipinski definition) is 1. The zero-order chi connectivity index (χ0) is 11.5. The van der Waals surface area contributed by atoms with E-state index in [0.717, 1.165) is 14.9 Å². The second-order valence-electron chi connectivity index (χ2n) is 3.12. The molecule has 0 bridgehead atoms. The fraction of sp³-hybridized carbons (Fsp3) is 0. The van der Waals surface area contributed by atoms with E-state index in [4.69, 9.17) is 23.2 Å². The van der Waals surface area contributed by atoms with Crippen LogP contribution in [0.4, 0.5) is 11.4 Å². The van der Waals surface area contributed by atoms with Crippen LogP contribution in [0.3, 0.4) is 0 Å². The molecule has 0 unspecified atom stereocenters. The molecular weight excluding hydrogens is 358 g/mol. The molecule has 1 N–H and O–H groups in total. The summed E-state index contributed by atoms with van der Waals surface area (Å²) in [6.45, 7) is 0. The summed E-state index contributed by atoms with van der Waals surface area (Å²) in [6, 6.07) is 9.39. The van der Waals surface area contributed by atoms with Crippen LogP contribution in [0.5, 0.6) is 0 Å². The molecule has 0 fully saturated rings. The van der Waals surface area contributed by atoms with Crippen molar-refractivity contribution in [2.24, 2.45) is 0 Å². The third-order valence-electron chi connectivity index (χ3n) is 1.94. The minimum atomic E-state index is 0.451. The van der Waals surface area contributed by atoms with Gasteiger partial charge in [0.25, 0.3) is 0 Å². The lowest BCUT2D eigenvalue weighted by Gasteiger charge is -2.08. The van der Waals surface area contributed by atoms with Gasteiger partial charge >= 0.3 is 0 Å². The second-order valence-corrected chi connectivity index (χ2v) is 5.16. The first-order valence-electron chi connectivity index (χ1n) is 4.49. The molecule has 0 aliphatic heterocycles. The van der Waals surface area contributed by atoms with Gasteiger partial charge in [0, 0.05) is 15.5 Å². The average molecular weight is 365 g/mol. The Morgan fingerprint density at radius 3 is 2.62 bits per heavy atom. The molecule has 1 heterocycles. The lowest BCUT2D eigenvalue weighted by atomic mass is 10.3. The monoisotopic (exact) mass is 364 g/mol. The van der Waals surface area contributed by atoms with Crippen LogP contribution in [0.1, 0.15) is 0 Å². The van der Waals surface area contributed by atoms with E-state index in [1.807, 2.05) is 24.3 Å². The highest BCUT2D eigenvalue weighted by Gasteiger charge is 2.01. The summed E-state index contributed by atoms with van der Waals surface area (Å²) in [6.07, 6.45) is 1.64. The summed E-state index contributed by atoms with van der Waals surface area (Å²) < 4.78 is 1.10. The van der Waals surface area contributed by atoms with Crippen LogP contribution in [0.2, 0.25) is 10.2 Å². The number of nitrogens with zero attached hydrogens (tertiary/aromatic N) is 1. The van der Waals surface area contributed by atoms with E-state index in [1.165, 1.54) is 0 Å². The Balaban J connectivity index is 2.27. The molecule has 0 aliphatic carbocycles. The van der Waals surface area contributed by atoms with Crippen molar-refractivity contribution in [2.75, 3.05) is 5.32 Å². The predicted octanol–water partition coefficient (Wildman–Crippen LogP) is 4.74. The molecule has 0 aliphatic rings. The lowest BCUT2D eigenvalue weighted by Crippen LogP contribution is -1.92. The summed E-state index contributed by atoms with van der Waals surface area (Å²) in [5, 5.41) is 4.31. The Morgan fingerprint density at radius 2 is 1.94 bits per heavy atom. The normalized spacial score (nSPS) is 10.2. The van der Waals surface area contributed by atoms with Gasteiger partial charge in [0.15, 0.2) is 0 Å². The summed E-state index contributed by atoms with van der Waals surface area (Å²) in [4.78, 5) is 3.91. The number of pyridine rings is 1. The van der Waals surface area contributed by atoms with Crippen LogP contribution in [-0.2, 0) is 0 Å². The summed E-state index contributed by atoms with van der Waals surface area (Å²) >= 11 is 14.1. The van der Waals surface area contributed by atoms with Gasteiger partial charge in [0.2, 0.25) is 0 Å². The van der Waals surface area contributed by atoms with Gasteiger partial charge < -0.3 is 5.32 Å². The Bertz CT molecular complexity index is 517. The average Bonchev–Trinajstić information content (AvgIpc) is 2.22. The highest BCUT2D eigenvalue weighted by molar-refractivity contribution is 14.1. The van der Waals surface area contributed by atoms with Crippen LogP contribution in [0.25, 0.3) is 0 Å². The molecule has 2 aromatic rings. The van der Waals surface area contributed by atoms with Crippen LogP contribution >= 0.6 is 45.8 Å². The Morgan fingerprint density at radius 1 is 1.12 bits per heavy atom. The van der Waals surface area contributed by atoms with Crippen molar-refractivity contribution >= 4 is 57.2 Å². The summed E-state index contributed by atoms with van der Waals surface area (Å²) in [7, 11) is 0. The zero-order valence-electron chi connectivity index (χ0n) is 8.05. The summed E-state index contributed by atoms with van der Waals surface area (Å²) in [5.74, 6) is 0. The van der Waals surface area contributed by atoms with Crippen LogP contribution < -0.4 is 5.32 Å². The molecule has 0 saturated carbocycles. The van der Waals surface area contributed by atoms with Gasteiger partial charge in [-0.3, -0.25) is 0 Å². The highest BCUT2D eigenvalue weighted by Crippen LogP contribution is 2.27. The number of hydrogen-bond acceptors (Lipinski definition) is 2. The molecule has 0 spiro atoms. The molecule has 0 saturated heterocycles. The van der Waals surface area contributed by atoms with Gasteiger partial charge in [-0.1, -0.05) is 23.2 Å². The molecule has 0 amide bonds. The fourth-order valence-electron chi connectivity index (χ4n) is 1.23. The van der Waals surface area contributed by atoms with Crippen LogP contribution in [-0.4, -0.2) is 4.98 Å². The maximum atomic E-state index is 6.10. The third-order valence-corrected chi connectivity index (χ3v) is 3.13. The Hall–Kier alpha value is -0.520. The van der Waals surface area contributed by atoms with Crippen molar-refractivity contribution in [3.05, 3.63) is 50.3 Å². The van der Waals surface area contributed by atoms with E-state index < -0.39 is 0 Å². The second kappa shape index (κ2) is 5.21. The van der Waals surface area contributed by atoms with Crippen molar-refractivity contribution in [1.82, 2.24) is 4.98 Å². The molecule has 1 aromatic carbocycles. The van der Waals surface area contributed by atoms with E-state index >= 15 is 0 Å². The Kier molecular flexibility index (Phi) is 3.89. The molecule has 82 valence electrons. The lowest BCUT2D eigenvalue weighted by molar-refractivity contribution is 1.32. The third kappa shape index (κ3) is 2.99. The van der Waals surface area contributed by atoms with Gasteiger partial charge in [0.1, 0.15) is 5.15 Å². The SMILES string of the molecule is Clc1cc(Nc2ccc(I)cc2Cl)ccn1. The number of benzene rings is 1. The maximum absolute atomic E-state index is 6.10. The van der Waals surface area contributed by atoms with Crippen molar-refractivity contribution in [1.29, 1.82) is 0 Å². The van der Waals surface area contributed by atoms with Gasteiger partial charge in [-0.2, -0.15) is 0 Å². The molecule has 2 rings (SSSR count). The van der Waals surface area contributed by atoms with Crippen molar-refractivity contribution < 1.29 is 0 Å². The quantitative estimate of drug-likeness (QED) is 0.615. The largest absolute Gasteiger partial charge is 0.354 e. The number of halogens is 3. The molecule has 2 nitrogen and oxygen atoms in total. The predicted molar refractivity (Wildman–Crippen MR) is 76.7 cm³/mol. The molecular formula is C11H7Cl2IN2. The first-order valence-corrected chi connectivity index (χ1v) is 6.32. The maximum Gasteiger partial charge on any atom is 0.131 e. The van der Waals surface area contributed by atoms with E-state index in [-0.39, 0.29) is 0 Å². The highest BCUT2D eigenvalue weighted by atomic mass is 127. The van der Waals surface area contributed by atoms with Crippen molar-refractivity contribution in [3.8, 4) is 0 Å². The van der Waals surface area contributed by atoms with E-state index in [2.05, 4.69) is 32.9 Å². The van der Waals surface area contributed by atoms with Gasteiger partial charge in [0.05, 0.1) is 10.7 Å². The van der Waals surface area contributed by atoms with Crippen LogP contribution in [0, 0.1) is 3.57 Å². The van der Waals surface area contributed by atoms with Gasteiger partial charge in [-0.05, 0) is 52.9 Å². The number of rotatable bonds is 2. The van der Waals surface area contributed by atoms with E-state index in [0.29, 0.717) is 10.2 Å².